The van der Waals surface area contributed by atoms with E-state index in [-0.39, 0.29) is 18.6 Å². The van der Waals surface area contributed by atoms with Crippen molar-refractivity contribution in [3.05, 3.63) is 48.8 Å². The van der Waals surface area contributed by atoms with Crippen molar-refractivity contribution < 1.29 is 5.11 Å². The van der Waals surface area contributed by atoms with Gasteiger partial charge >= 0.3 is 0 Å². The molecule has 23 heavy (non-hydrogen) atoms. The van der Waals surface area contributed by atoms with Crippen LogP contribution in [0.4, 0.5) is 5.82 Å². The summed E-state index contributed by atoms with van der Waals surface area (Å²) in [5.41, 5.74) is 1.79. The molecule has 118 valence electrons. The lowest BCUT2D eigenvalue weighted by Crippen LogP contribution is -2.30. The summed E-state index contributed by atoms with van der Waals surface area (Å²) in [6.45, 7) is 4.20. The van der Waals surface area contributed by atoms with Crippen molar-refractivity contribution in [2.75, 3.05) is 11.9 Å². The molecule has 2 heterocycles. The summed E-state index contributed by atoms with van der Waals surface area (Å²) in [4.78, 5) is 13.4. The number of aliphatic hydroxyl groups excluding tert-OH is 1. The molecule has 0 aliphatic carbocycles. The Balaban J connectivity index is 2.11. The van der Waals surface area contributed by atoms with Crippen LogP contribution in [0.25, 0.3) is 22.3 Å². The van der Waals surface area contributed by atoms with Crippen LogP contribution in [0.2, 0.25) is 0 Å². The Kier molecular flexibility index (Phi) is 4.48. The predicted molar refractivity (Wildman–Crippen MR) is 92.1 cm³/mol. The molecule has 0 bridgehead atoms. The Morgan fingerprint density at radius 1 is 1.04 bits per heavy atom. The summed E-state index contributed by atoms with van der Waals surface area (Å²) in [5, 5.41) is 13.9. The summed E-state index contributed by atoms with van der Waals surface area (Å²) >= 11 is 0. The van der Waals surface area contributed by atoms with Gasteiger partial charge in [-0.05, 0) is 30.2 Å². The first-order chi connectivity index (χ1) is 11.2. The molecule has 0 fully saturated rings. The Hall–Kier alpha value is -2.53. The van der Waals surface area contributed by atoms with Crippen LogP contribution >= 0.6 is 0 Å². The van der Waals surface area contributed by atoms with Gasteiger partial charge in [-0.25, -0.2) is 9.97 Å². The van der Waals surface area contributed by atoms with Gasteiger partial charge in [0.2, 0.25) is 0 Å². The number of hydrogen-bond acceptors (Lipinski definition) is 5. The Morgan fingerprint density at radius 2 is 1.78 bits per heavy atom. The van der Waals surface area contributed by atoms with E-state index in [4.69, 9.17) is 0 Å². The number of aromatic nitrogens is 3. The molecule has 0 radical (unpaired) electrons. The van der Waals surface area contributed by atoms with Gasteiger partial charge in [0, 0.05) is 23.3 Å². The van der Waals surface area contributed by atoms with Crippen molar-refractivity contribution in [1.29, 1.82) is 0 Å². The first-order valence-corrected chi connectivity index (χ1v) is 7.73. The third-order valence-electron chi connectivity index (χ3n) is 3.87. The molecule has 2 N–H and O–H groups in total. The lowest BCUT2D eigenvalue weighted by molar-refractivity contribution is 0.249. The fraction of sp³-hybridized carbons (Fsp3) is 0.278. The molecule has 3 aromatic rings. The van der Waals surface area contributed by atoms with Crippen molar-refractivity contribution in [2.45, 2.75) is 19.9 Å². The summed E-state index contributed by atoms with van der Waals surface area (Å²) in [6.07, 6.45) is 3.46. The lowest BCUT2D eigenvalue weighted by Gasteiger charge is -2.21. The lowest BCUT2D eigenvalue weighted by atomic mass is 10.1. The Bertz CT molecular complexity index is 789. The Labute approximate surface area is 135 Å². The number of para-hydroxylation sites is 1. The SMILES string of the molecule is CC(C)[C@@H](CO)Nc1nc(-c2ccncc2)nc2ccccc12. The van der Waals surface area contributed by atoms with Crippen LogP contribution in [-0.2, 0) is 0 Å². The van der Waals surface area contributed by atoms with E-state index in [1.807, 2.05) is 36.4 Å². The van der Waals surface area contributed by atoms with Crippen molar-refractivity contribution in [3.63, 3.8) is 0 Å². The van der Waals surface area contributed by atoms with E-state index in [0.29, 0.717) is 5.82 Å². The van der Waals surface area contributed by atoms with Gasteiger partial charge in [0.05, 0.1) is 18.2 Å². The van der Waals surface area contributed by atoms with E-state index >= 15 is 0 Å². The number of rotatable bonds is 5. The van der Waals surface area contributed by atoms with Crippen LogP contribution in [-0.4, -0.2) is 32.7 Å². The van der Waals surface area contributed by atoms with Gasteiger partial charge in [-0.3, -0.25) is 4.98 Å². The predicted octanol–water partition coefficient (Wildman–Crippen LogP) is 3.12. The summed E-state index contributed by atoms with van der Waals surface area (Å²) < 4.78 is 0. The van der Waals surface area contributed by atoms with Crippen molar-refractivity contribution in [3.8, 4) is 11.4 Å². The second-order valence-electron chi connectivity index (χ2n) is 5.83. The van der Waals surface area contributed by atoms with Crippen molar-refractivity contribution in [2.24, 2.45) is 5.92 Å². The standard InChI is InChI=1S/C18H20N4O/c1-12(2)16(11-23)21-18-14-5-3-4-6-15(14)20-17(22-18)13-7-9-19-10-8-13/h3-10,12,16,23H,11H2,1-2H3,(H,20,21,22)/t16-/m1/s1. The molecular weight excluding hydrogens is 288 g/mol. The minimum atomic E-state index is -0.0569. The zero-order valence-corrected chi connectivity index (χ0v) is 13.3. The van der Waals surface area contributed by atoms with E-state index in [2.05, 4.69) is 34.1 Å². The smallest absolute Gasteiger partial charge is 0.162 e. The average Bonchev–Trinajstić information content (AvgIpc) is 2.59. The molecule has 1 atom stereocenters. The Morgan fingerprint density at radius 3 is 2.48 bits per heavy atom. The third kappa shape index (κ3) is 3.29. The first-order valence-electron chi connectivity index (χ1n) is 7.73. The number of nitrogens with zero attached hydrogens (tertiary/aromatic N) is 3. The van der Waals surface area contributed by atoms with Gasteiger partial charge in [0.25, 0.3) is 0 Å². The molecule has 3 rings (SSSR count). The van der Waals surface area contributed by atoms with Crippen LogP contribution in [0.5, 0.6) is 0 Å². The van der Waals surface area contributed by atoms with E-state index in [9.17, 15) is 5.11 Å². The molecule has 0 aliphatic rings. The fourth-order valence-corrected chi connectivity index (χ4v) is 2.42. The maximum Gasteiger partial charge on any atom is 0.162 e. The molecular formula is C18H20N4O. The van der Waals surface area contributed by atoms with Gasteiger partial charge < -0.3 is 10.4 Å². The van der Waals surface area contributed by atoms with E-state index < -0.39 is 0 Å². The molecule has 0 saturated heterocycles. The van der Waals surface area contributed by atoms with Crippen molar-refractivity contribution >= 4 is 16.7 Å². The monoisotopic (exact) mass is 308 g/mol. The van der Waals surface area contributed by atoms with Crippen LogP contribution in [0.15, 0.2) is 48.8 Å². The highest BCUT2D eigenvalue weighted by Gasteiger charge is 2.16. The normalized spacial score (nSPS) is 12.5. The zero-order valence-electron chi connectivity index (χ0n) is 13.3. The van der Waals surface area contributed by atoms with Crippen LogP contribution < -0.4 is 5.32 Å². The zero-order chi connectivity index (χ0) is 16.2. The maximum absolute atomic E-state index is 9.60. The second kappa shape index (κ2) is 6.71. The van der Waals surface area contributed by atoms with Crippen LogP contribution in [0.1, 0.15) is 13.8 Å². The highest BCUT2D eigenvalue weighted by molar-refractivity contribution is 5.90. The molecule has 5 heteroatoms. The van der Waals surface area contributed by atoms with Crippen molar-refractivity contribution in [1.82, 2.24) is 15.0 Å². The van der Waals surface area contributed by atoms with E-state index in [0.717, 1.165) is 22.3 Å². The highest BCUT2D eigenvalue weighted by atomic mass is 16.3. The molecule has 0 saturated carbocycles. The first kappa shape index (κ1) is 15.4. The van der Waals surface area contributed by atoms with Crippen LogP contribution in [0.3, 0.4) is 0 Å². The van der Waals surface area contributed by atoms with Gasteiger partial charge in [-0.2, -0.15) is 0 Å². The molecule has 5 nitrogen and oxygen atoms in total. The van der Waals surface area contributed by atoms with E-state index in [1.54, 1.807) is 12.4 Å². The van der Waals surface area contributed by atoms with E-state index in [1.165, 1.54) is 0 Å². The number of benzene rings is 1. The average molecular weight is 308 g/mol. The highest BCUT2D eigenvalue weighted by Crippen LogP contribution is 2.25. The molecule has 0 amide bonds. The number of pyridine rings is 1. The minimum absolute atomic E-state index is 0.0561. The summed E-state index contributed by atoms with van der Waals surface area (Å²) in [7, 11) is 0. The maximum atomic E-state index is 9.60. The number of aliphatic hydroxyl groups is 1. The number of hydrogen-bond donors (Lipinski definition) is 2. The largest absolute Gasteiger partial charge is 0.394 e. The number of nitrogens with one attached hydrogen (secondary N) is 1. The molecule has 1 aromatic carbocycles. The van der Waals surface area contributed by atoms with Gasteiger partial charge in [-0.15, -0.1) is 0 Å². The number of fused-ring (bicyclic) bond motifs is 1. The summed E-state index contributed by atoms with van der Waals surface area (Å²) in [5.74, 6) is 1.68. The second-order valence-corrected chi connectivity index (χ2v) is 5.83. The topological polar surface area (TPSA) is 70.9 Å². The molecule has 0 unspecified atom stereocenters. The van der Waals surface area contributed by atoms with Gasteiger partial charge in [-0.1, -0.05) is 26.0 Å². The molecule has 0 spiro atoms. The number of anilines is 1. The molecule has 0 aliphatic heterocycles. The third-order valence-corrected chi connectivity index (χ3v) is 3.87. The quantitative estimate of drug-likeness (QED) is 0.758. The fourth-order valence-electron chi connectivity index (χ4n) is 2.42. The van der Waals surface area contributed by atoms with Gasteiger partial charge in [0.1, 0.15) is 5.82 Å². The summed E-state index contributed by atoms with van der Waals surface area (Å²) in [6, 6.07) is 11.6. The van der Waals surface area contributed by atoms with Gasteiger partial charge in [0.15, 0.2) is 5.82 Å². The molecule has 2 aromatic heterocycles. The minimum Gasteiger partial charge on any atom is -0.394 e. The van der Waals surface area contributed by atoms with Crippen LogP contribution in [0, 0.1) is 5.92 Å².